The highest BCUT2D eigenvalue weighted by Gasteiger charge is 2.26. The van der Waals surface area contributed by atoms with Gasteiger partial charge in [-0.15, -0.1) is 0 Å². The molecule has 0 radical (unpaired) electrons. The van der Waals surface area contributed by atoms with Crippen molar-refractivity contribution in [1.29, 1.82) is 0 Å². The first-order valence-electron chi connectivity index (χ1n) is 11.2. The van der Waals surface area contributed by atoms with Gasteiger partial charge < -0.3 is 20.3 Å². The number of rotatable bonds is 5. The monoisotopic (exact) mass is 501 g/mol. The minimum absolute atomic E-state index is 0.0473. The van der Waals surface area contributed by atoms with Crippen molar-refractivity contribution in [3.8, 4) is 11.3 Å². The largest absolute Gasteiger partial charge is 0.370 e. The number of nitrogens with zero attached hydrogens (tertiary/aromatic N) is 5. The minimum Gasteiger partial charge on any atom is -0.370 e. The van der Waals surface area contributed by atoms with Gasteiger partial charge in [0.15, 0.2) is 5.15 Å². The summed E-state index contributed by atoms with van der Waals surface area (Å²) in [5, 5.41) is 11.9. The van der Waals surface area contributed by atoms with Crippen molar-refractivity contribution >= 4 is 46.4 Å². The van der Waals surface area contributed by atoms with Crippen LogP contribution >= 0.6 is 23.2 Å². The van der Waals surface area contributed by atoms with Crippen LogP contribution in [0.25, 0.3) is 11.3 Å². The second-order valence-electron chi connectivity index (χ2n) is 8.51. The number of benzene rings is 1. The van der Waals surface area contributed by atoms with Crippen LogP contribution in [0.5, 0.6) is 0 Å². The molecule has 2 saturated heterocycles. The number of carbonyl (C=O) groups excluding carboxylic acids is 1. The Kier molecular flexibility index (Phi) is 6.69. The molecule has 9 nitrogen and oxygen atoms in total. The Bertz CT molecular complexity index is 1180. The van der Waals surface area contributed by atoms with E-state index in [1.807, 2.05) is 35.1 Å². The van der Waals surface area contributed by atoms with E-state index in [9.17, 15) is 4.79 Å². The second kappa shape index (κ2) is 9.87. The van der Waals surface area contributed by atoms with Crippen LogP contribution in [0.4, 0.5) is 17.3 Å². The van der Waals surface area contributed by atoms with E-state index in [4.69, 9.17) is 27.9 Å². The zero-order valence-electron chi connectivity index (χ0n) is 18.7. The molecule has 2 aliphatic heterocycles. The van der Waals surface area contributed by atoms with Gasteiger partial charge in [0, 0.05) is 24.1 Å². The summed E-state index contributed by atoms with van der Waals surface area (Å²) in [5.74, 6) is 0.772. The van der Waals surface area contributed by atoms with Gasteiger partial charge in [0.25, 0.3) is 5.91 Å². The lowest BCUT2D eigenvalue weighted by molar-refractivity contribution is -0.125. The summed E-state index contributed by atoms with van der Waals surface area (Å²) < 4.78 is 7.12. The molecule has 1 amide bonds. The second-order valence-corrected chi connectivity index (χ2v) is 9.28. The van der Waals surface area contributed by atoms with E-state index >= 15 is 0 Å². The topological polar surface area (TPSA) is 97.2 Å². The third-order valence-electron chi connectivity index (χ3n) is 6.19. The van der Waals surface area contributed by atoms with Crippen molar-refractivity contribution in [2.75, 3.05) is 43.1 Å². The average molecular weight is 502 g/mol. The van der Waals surface area contributed by atoms with Gasteiger partial charge in [-0.25, -0.2) is 9.97 Å². The number of carbonyl (C=O) groups is 1. The van der Waals surface area contributed by atoms with Gasteiger partial charge in [0.2, 0.25) is 5.95 Å². The number of hydrogen-bond donors (Lipinski definition) is 2. The molecular weight excluding hydrogens is 477 g/mol. The smallest absolute Gasteiger partial charge is 0.253 e. The molecule has 178 valence electrons. The fourth-order valence-corrected chi connectivity index (χ4v) is 4.77. The van der Waals surface area contributed by atoms with Gasteiger partial charge in [0.05, 0.1) is 35.1 Å². The zero-order valence-corrected chi connectivity index (χ0v) is 20.2. The first-order valence-corrected chi connectivity index (χ1v) is 12.0. The average Bonchev–Trinajstić information content (AvgIpc) is 3.22. The van der Waals surface area contributed by atoms with Crippen LogP contribution in [0.15, 0.2) is 36.7 Å². The number of hydrogen-bond acceptors (Lipinski definition) is 7. The minimum atomic E-state index is -0.0473. The summed E-state index contributed by atoms with van der Waals surface area (Å²) in [6, 6.07) is 7.77. The van der Waals surface area contributed by atoms with Crippen molar-refractivity contribution in [1.82, 2.24) is 25.1 Å². The van der Waals surface area contributed by atoms with Crippen molar-refractivity contribution in [3.05, 3.63) is 46.8 Å². The summed E-state index contributed by atoms with van der Waals surface area (Å²) >= 11 is 12.9. The Labute approximate surface area is 207 Å². The van der Waals surface area contributed by atoms with E-state index in [0.717, 1.165) is 30.9 Å². The highest BCUT2D eigenvalue weighted by molar-refractivity contribution is 6.35. The van der Waals surface area contributed by atoms with Crippen LogP contribution in [0, 0.1) is 5.92 Å². The first-order chi connectivity index (χ1) is 16.5. The molecule has 4 heterocycles. The number of morpholine rings is 1. The molecule has 11 heteroatoms. The Morgan fingerprint density at radius 3 is 2.82 bits per heavy atom. The van der Waals surface area contributed by atoms with Gasteiger partial charge in [0.1, 0.15) is 6.61 Å². The highest BCUT2D eigenvalue weighted by atomic mass is 35.5. The quantitative estimate of drug-likeness (QED) is 0.546. The SMILES string of the molecule is C[C@@H]1CNCC[C@H]1n1cc(-c2nc(Nc3ccc(N4CCOCC4=O)cc3)ncc2Cl)c(Cl)n1. The van der Waals surface area contributed by atoms with Crippen LogP contribution in [-0.2, 0) is 9.53 Å². The molecule has 0 saturated carbocycles. The molecule has 2 aliphatic rings. The van der Waals surface area contributed by atoms with Crippen LogP contribution in [0.2, 0.25) is 10.2 Å². The standard InChI is InChI=1S/C23H25Cl2N7O2/c1-14-10-26-7-6-19(14)32-12-17(22(25)30-32)21-18(24)11-27-23(29-21)28-15-2-4-16(5-3-15)31-8-9-34-13-20(31)33/h2-5,11-12,14,19,26H,6-10,13H2,1H3,(H,27,28,29)/t14-,19-/m1/s1. The van der Waals surface area contributed by atoms with E-state index in [0.29, 0.717) is 46.5 Å². The molecule has 0 unspecified atom stereocenters. The molecular formula is C23H25Cl2N7O2. The number of piperidine rings is 1. The first kappa shape index (κ1) is 23.0. The molecule has 2 atom stereocenters. The maximum Gasteiger partial charge on any atom is 0.253 e. The van der Waals surface area contributed by atoms with E-state index < -0.39 is 0 Å². The summed E-state index contributed by atoms with van der Waals surface area (Å²) in [6.07, 6.45) is 4.45. The van der Waals surface area contributed by atoms with Crippen molar-refractivity contribution in [2.24, 2.45) is 5.92 Å². The van der Waals surface area contributed by atoms with Crippen LogP contribution < -0.4 is 15.5 Å². The van der Waals surface area contributed by atoms with Gasteiger partial charge in [-0.3, -0.25) is 9.48 Å². The molecule has 2 aromatic heterocycles. The van der Waals surface area contributed by atoms with Crippen molar-refractivity contribution < 1.29 is 9.53 Å². The molecule has 2 fully saturated rings. The van der Waals surface area contributed by atoms with Gasteiger partial charge >= 0.3 is 0 Å². The molecule has 0 aliphatic carbocycles. The van der Waals surface area contributed by atoms with Gasteiger partial charge in [-0.1, -0.05) is 30.1 Å². The molecule has 2 N–H and O–H groups in total. The molecule has 0 spiro atoms. The summed E-state index contributed by atoms with van der Waals surface area (Å²) in [5.41, 5.74) is 2.79. The summed E-state index contributed by atoms with van der Waals surface area (Å²) in [6.45, 7) is 5.27. The lowest BCUT2D eigenvalue weighted by Gasteiger charge is -2.29. The molecule has 5 rings (SSSR count). The Balaban J connectivity index is 1.36. The predicted octanol–water partition coefficient (Wildman–Crippen LogP) is 3.92. The maximum atomic E-state index is 12.1. The fourth-order valence-electron chi connectivity index (χ4n) is 4.35. The van der Waals surface area contributed by atoms with E-state index in [2.05, 4.69) is 32.6 Å². The predicted molar refractivity (Wildman–Crippen MR) is 132 cm³/mol. The summed E-state index contributed by atoms with van der Waals surface area (Å²) in [7, 11) is 0. The molecule has 0 bridgehead atoms. The Morgan fingerprint density at radius 1 is 1.24 bits per heavy atom. The van der Waals surface area contributed by atoms with Gasteiger partial charge in [-0.05, 0) is 49.7 Å². The zero-order chi connectivity index (χ0) is 23.7. The van der Waals surface area contributed by atoms with E-state index in [1.165, 1.54) is 0 Å². The number of amides is 1. The molecule has 34 heavy (non-hydrogen) atoms. The number of aromatic nitrogens is 4. The fraction of sp³-hybridized carbons (Fsp3) is 0.391. The lowest BCUT2D eigenvalue weighted by Crippen LogP contribution is -2.41. The van der Waals surface area contributed by atoms with E-state index in [1.54, 1.807) is 11.1 Å². The number of nitrogens with one attached hydrogen (secondary N) is 2. The number of ether oxygens (including phenoxy) is 1. The summed E-state index contributed by atoms with van der Waals surface area (Å²) in [4.78, 5) is 22.7. The molecule has 1 aromatic carbocycles. The third kappa shape index (κ3) is 4.74. The van der Waals surface area contributed by atoms with Crippen molar-refractivity contribution in [3.63, 3.8) is 0 Å². The Hall–Kier alpha value is -2.72. The van der Waals surface area contributed by atoms with Crippen LogP contribution in [0.3, 0.4) is 0 Å². The van der Waals surface area contributed by atoms with E-state index in [-0.39, 0.29) is 18.6 Å². The van der Waals surface area contributed by atoms with Crippen molar-refractivity contribution in [2.45, 2.75) is 19.4 Å². The Morgan fingerprint density at radius 2 is 2.06 bits per heavy atom. The van der Waals surface area contributed by atoms with Crippen LogP contribution in [0.1, 0.15) is 19.4 Å². The maximum absolute atomic E-state index is 12.1. The number of halogens is 2. The van der Waals surface area contributed by atoms with Gasteiger partial charge in [-0.2, -0.15) is 5.10 Å². The lowest BCUT2D eigenvalue weighted by atomic mass is 9.95. The molecule has 3 aromatic rings. The normalized spacial score (nSPS) is 21.0. The third-order valence-corrected chi connectivity index (χ3v) is 6.74. The van der Waals surface area contributed by atoms with Crippen LogP contribution in [-0.4, -0.2) is 58.5 Å². The number of anilines is 3. The highest BCUT2D eigenvalue weighted by Crippen LogP contribution is 2.34.